The summed E-state index contributed by atoms with van der Waals surface area (Å²) in [4.78, 5) is 27.7. The summed E-state index contributed by atoms with van der Waals surface area (Å²) in [6.07, 6.45) is 1.30. The summed E-state index contributed by atoms with van der Waals surface area (Å²) < 4.78 is 5.30. The highest BCUT2D eigenvalue weighted by Gasteiger charge is 2.24. The summed E-state index contributed by atoms with van der Waals surface area (Å²) in [5.41, 5.74) is -0.227. The van der Waals surface area contributed by atoms with Gasteiger partial charge in [-0.1, -0.05) is 23.2 Å². The Balaban J connectivity index is 2.03. The molecule has 1 N–H and O–H groups in total. The maximum absolute atomic E-state index is 12.0. The van der Waals surface area contributed by atoms with Crippen molar-refractivity contribution in [3.63, 3.8) is 0 Å². The summed E-state index contributed by atoms with van der Waals surface area (Å²) >= 11 is 11.6. The number of esters is 1. The quantitative estimate of drug-likeness (QED) is 0.515. The van der Waals surface area contributed by atoms with Crippen molar-refractivity contribution in [3.05, 3.63) is 57.6 Å². The molecule has 0 aliphatic rings. The third kappa shape index (κ3) is 4.30. The van der Waals surface area contributed by atoms with Crippen LogP contribution in [0.15, 0.2) is 36.7 Å². The van der Waals surface area contributed by atoms with E-state index in [0.29, 0.717) is 9.75 Å². The zero-order valence-electron chi connectivity index (χ0n) is 11.8. The lowest BCUT2D eigenvalue weighted by Gasteiger charge is -2.13. The van der Waals surface area contributed by atoms with Gasteiger partial charge in [0.05, 0.1) is 10.0 Å². The number of pyridine rings is 2. The van der Waals surface area contributed by atoms with Gasteiger partial charge in [-0.3, -0.25) is 4.79 Å². The average molecular weight is 356 g/mol. The topological polar surface area (TPSA) is 95.2 Å². The van der Waals surface area contributed by atoms with Crippen LogP contribution in [0.4, 0.5) is 5.82 Å². The first-order valence-corrected chi connectivity index (χ1v) is 7.15. The Bertz CT molecular complexity index is 755. The number of amides is 1. The Kier molecular flexibility index (Phi) is 5.36. The number of nitrogens with one attached hydrogen (secondary N) is 1. The van der Waals surface area contributed by atoms with E-state index in [4.69, 9.17) is 27.9 Å². The van der Waals surface area contributed by atoms with Crippen LogP contribution >= 0.6 is 23.2 Å². The minimum atomic E-state index is -1.16. The van der Waals surface area contributed by atoms with Crippen molar-refractivity contribution in [3.8, 4) is 0 Å². The Morgan fingerprint density at radius 3 is 2.78 bits per heavy atom. The van der Waals surface area contributed by atoms with E-state index in [9.17, 15) is 14.8 Å². The van der Waals surface area contributed by atoms with Crippen LogP contribution in [0.25, 0.3) is 0 Å². The lowest BCUT2D eigenvalue weighted by Crippen LogP contribution is -2.37. The zero-order valence-corrected chi connectivity index (χ0v) is 13.3. The second-order valence-corrected chi connectivity index (χ2v) is 5.28. The van der Waals surface area contributed by atoms with Crippen molar-refractivity contribution in [2.45, 2.75) is 13.0 Å². The molecule has 23 heavy (non-hydrogen) atoms. The van der Waals surface area contributed by atoms with Gasteiger partial charge in [-0.2, -0.15) is 4.73 Å². The van der Waals surface area contributed by atoms with Gasteiger partial charge in [0.2, 0.25) is 0 Å². The molecule has 0 aromatic carbocycles. The monoisotopic (exact) mass is 355 g/mol. The average Bonchev–Trinajstić information content (AvgIpc) is 2.50. The van der Waals surface area contributed by atoms with E-state index >= 15 is 0 Å². The summed E-state index contributed by atoms with van der Waals surface area (Å²) in [6, 6.07) is 5.67. The van der Waals surface area contributed by atoms with Gasteiger partial charge in [-0.25, -0.2) is 9.78 Å². The Morgan fingerprint density at radius 2 is 2.13 bits per heavy atom. The molecule has 0 saturated carbocycles. The predicted octanol–water partition coefficient (Wildman–Crippen LogP) is 2.21. The molecule has 0 aliphatic heterocycles. The second-order valence-electron chi connectivity index (χ2n) is 4.43. The number of hydrogen-bond donors (Lipinski definition) is 1. The molecule has 1 atom stereocenters. The van der Waals surface area contributed by atoms with Crippen molar-refractivity contribution in [1.29, 1.82) is 0 Å². The first-order valence-electron chi connectivity index (χ1n) is 6.39. The molecule has 2 heterocycles. The lowest BCUT2D eigenvalue weighted by atomic mass is 10.3. The molecule has 0 radical (unpaired) electrons. The van der Waals surface area contributed by atoms with E-state index in [2.05, 4.69) is 10.3 Å². The van der Waals surface area contributed by atoms with Crippen LogP contribution in [0.2, 0.25) is 10.0 Å². The highest BCUT2D eigenvalue weighted by molar-refractivity contribution is 6.36. The van der Waals surface area contributed by atoms with E-state index in [0.717, 1.165) is 6.20 Å². The SMILES string of the molecule is C[C@H](OC(=O)c1cccc[n+]1[O-])C(=O)Nc1ncc(Cl)cc1Cl. The van der Waals surface area contributed by atoms with E-state index in [-0.39, 0.29) is 16.5 Å². The first-order chi connectivity index (χ1) is 10.9. The predicted molar refractivity (Wildman–Crippen MR) is 83.2 cm³/mol. The molecule has 2 aromatic rings. The first kappa shape index (κ1) is 17.0. The van der Waals surface area contributed by atoms with Gasteiger partial charge < -0.3 is 15.3 Å². The van der Waals surface area contributed by atoms with Gasteiger partial charge in [0.15, 0.2) is 18.1 Å². The summed E-state index contributed by atoms with van der Waals surface area (Å²) in [5, 5.41) is 14.3. The number of nitrogens with zero attached hydrogens (tertiary/aromatic N) is 2. The molecule has 0 aliphatic carbocycles. The Morgan fingerprint density at radius 1 is 1.39 bits per heavy atom. The third-order valence-electron chi connectivity index (χ3n) is 2.74. The largest absolute Gasteiger partial charge is 0.618 e. The highest BCUT2D eigenvalue weighted by Crippen LogP contribution is 2.22. The number of carbonyl (C=O) groups excluding carboxylic acids is 2. The van der Waals surface area contributed by atoms with Crippen LogP contribution in [0.1, 0.15) is 17.4 Å². The van der Waals surface area contributed by atoms with Crippen LogP contribution in [-0.4, -0.2) is 23.0 Å². The highest BCUT2D eigenvalue weighted by atomic mass is 35.5. The number of rotatable bonds is 4. The number of anilines is 1. The number of carbonyl (C=O) groups is 2. The summed E-state index contributed by atoms with van der Waals surface area (Å²) in [6.45, 7) is 1.36. The fourth-order valence-corrected chi connectivity index (χ4v) is 2.01. The normalized spacial score (nSPS) is 11.6. The van der Waals surface area contributed by atoms with Crippen molar-refractivity contribution >= 4 is 40.9 Å². The molecule has 2 rings (SSSR count). The fraction of sp³-hybridized carbons (Fsp3) is 0.143. The van der Waals surface area contributed by atoms with Crippen LogP contribution in [-0.2, 0) is 9.53 Å². The van der Waals surface area contributed by atoms with Gasteiger partial charge in [0, 0.05) is 18.3 Å². The smallest absolute Gasteiger partial charge is 0.405 e. The number of hydrogen-bond acceptors (Lipinski definition) is 5. The van der Waals surface area contributed by atoms with E-state index in [1.165, 1.54) is 37.4 Å². The third-order valence-corrected chi connectivity index (χ3v) is 3.23. The second kappa shape index (κ2) is 7.26. The molecule has 9 heteroatoms. The number of ether oxygens (including phenoxy) is 1. The molecule has 1 amide bonds. The Hall–Kier alpha value is -2.38. The molecule has 2 aromatic heterocycles. The molecule has 0 saturated heterocycles. The minimum absolute atomic E-state index is 0.0857. The van der Waals surface area contributed by atoms with Crippen LogP contribution < -0.4 is 10.0 Å². The standard InChI is InChI=1S/C14H11Cl2N3O4/c1-8(23-14(21)11-4-2-3-5-19(11)22)13(20)18-12-10(16)6-9(15)7-17-12/h2-8H,1H3,(H,17,18,20)/t8-/m0/s1. The van der Waals surface area contributed by atoms with Crippen molar-refractivity contribution < 1.29 is 19.1 Å². The van der Waals surface area contributed by atoms with Crippen LogP contribution in [0.3, 0.4) is 0 Å². The van der Waals surface area contributed by atoms with E-state index in [1.54, 1.807) is 0 Å². The zero-order chi connectivity index (χ0) is 17.0. The maximum Gasteiger partial charge on any atom is 0.405 e. The lowest BCUT2D eigenvalue weighted by molar-refractivity contribution is -0.608. The molecule has 7 nitrogen and oxygen atoms in total. The summed E-state index contributed by atoms with van der Waals surface area (Å²) in [5.74, 6) is -1.48. The molecule has 0 spiro atoms. The van der Waals surface area contributed by atoms with Crippen LogP contribution in [0, 0.1) is 5.21 Å². The molecule has 0 unspecified atom stereocenters. The number of halogens is 2. The van der Waals surface area contributed by atoms with Gasteiger partial charge >= 0.3 is 11.7 Å². The van der Waals surface area contributed by atoms with Gasteiger partial charge in [-0.15, -0.1) is 0 Å². The molecular weight excluding hydrogens is 345 g/mol. The molecule has 0 fully saturated rings. The van der Waals surface area contributed by atoms with Crippen LogP contribution in [0.5, 0.6) is 0 Å². The van der Waals surface area contributed by atoms with Crippen molar-refractivity contribution in [2.24, 2.45) is 0 Å². The maximum atomic E-state index is 12.0. The molecule has 0 bridgehead atoms. The van der Waals surface area contributed by atoms with E-state index < -0.39 is 18.0 Å². The number of aromatic nitrogens is 2. The molecule has 120 valence electrons. The summed E-state index contributed by atoms with van der Waals surface area (Å²) in [7, 11) is 0. The van der Waals surface area contributed by atoms with E-state index in [1.807, 2.05) is 0 Å². The minimum Gasteiger partial charge on any atom is -0.618 e. The molecular formula is C14H11Cl2N3O4. The van der Waals surface area contributed by atoms with Gasteiger partial charge in [0.25, 0.3) is 5.91 Å². The fourth-order valence-electron chi connectivity index (χ4n) is 1.59. The van der Waals surface area contributed by atoms with Crippen molar-refractivity contribution in [2.75, 3.05) is 5.32 Å². The van der Waals surface area contributed by atoms with Gasteiger partial charge in [0.1, 0.15) is 0 Å². The van der Waals surface area contributed by atoms with Gasteiger partial charge in [-0.05, 0) is 19.1 Å². The van der Waals surface area contributed by atoms with Crippen molar-refractivity contribution in [1.82, 2.24) is 4.98 Å². The Labute approximate surface area is 141 Å².